The van der Waals surface area contributed by atoms with Gasteiger partial charge in [-0.3, -0.25) is 0 Å². The van der Waals surface area contributed by atoms with Gasteiger partial charge in [-0.15, -0.1) is 0 Å². The number of halogens is 1. The standard InChI is InChI=1S/C13H18ClN3O2/c1-19-12(18)11-10(8-16-13(14)17-11)15-7-9-5-3-2-4-6-9/h8-9,15H,2-7H2,1H3. The van der Waals surface area contributed by atoms with Crippen LogP contribution in [0.15, 0.2) is 6.20 Å². The summed E-state index contributed by atoms with van der Waals surface area (Å²) in [4.78, 5) is 19.5. The van der Waals surface area contributed by atoms with E-state index in [4.69, 9.17) is 16.3 Å². The minimum absolute atomic E-state index is 0.0450. The summed E-state index contributed by atoms with van der Waals surface area (Å²) in [6.07, 6.45) is 7.89. The van der Waals surface area contributed by atoms with Crippen LogP contribution in [0.3, 0.4) is 0 Å². The van der Waals surface area contributed by atoms with Crippen LogP contribution in [0.2, 0.25) is 5.28 Å². The summed E-state index contributed by atoms with van der Waals surface area (Å²) in [5.74, 6) is 0.144. The number of ether oxygens (including phenoxy) is 1. The number of carbonyl (C=O) groups excluding carboxylic acids is 1. The molecule has 104 valence electrons. The third kappa shape index (κ3) is 3.80. The molecular formula is C13H18ClN3O2. The molecule has 6 heteroatoms. The highest BCUT2D eigenvalue weighted by Gasteiger charge is 2.18. The van der Waals surface area contributed by atoms with E-state index in [-0.39, 0.29) is 11.0 Å². The first-order valence-electron chi connectivity index (χ1n) is 6.55. The van der Waals surface area contributed by atoms with Crippen LogP contribution in [0.25, 0.3) is 0 Å². The molecule has 19 heavy (non-hydrogen) atoms. The van der Waals surface area contributed by atoms with E-state index in [1.165, 1.54) is 45.4 Å². The van der Waals surface area contributed by atoms with Crippen molar-refractivity contribution in [1.82, 2.24) is 9.97 Å². The number of carbonyl (C=O) groups is 1. The normalized spacial score (nSPS) is 16.1. The maximum absolute atomic E-state index is 11.6. The molecule has 0 saturated heterocycles. The van der Waals surface area contributed by atoms with Gasteiger partial charge in [0.15, 0.2) is 5.69 Å². The Balaban J connectivity index is 2.04. The number of nitrogens with one attached hydrogen (secondary N) is 1. The third-order valence-corrected chi connectivity index (χ3v) is 3.63. The second kappa shape index (κ2) is 6.70. The lowest BCUT2D eigenvalue weighted by Crippen LogP contribution is -2.19. The average molecular weight is 284 g/mol. The summed E-state index contributed by atoms with van der Waals surface area (Å²) in [6.45, 7) is 0.828. The molecule has 1 N–H and O–H groups in total. The fourth-order valence-corrected chi connectivity index (χ4v) is 2.52. The molecule has 1 heterocycles. The molecule has 1 fully saturated rings. The Morgan fingerprint density at radius 3 is 2.89 bits per heavy atom. The van der Waals surface area contributed by atoms with Crippen molar-refractivity contribution in [1.29, 1.82) is 0 Å². The molecule has 1 aliphatic rings. The molecule has 1 aliphatic carbocycles. The second-order valence-corrected chi connectivity index (χ2v) is 5.12. The molecule has 5 nitrogen and oxygen atoms in total. The smallest absolute Gasteiger partial charge is 0.359 e. The molecule has 0 aromatic carbocycles. The highest BCUT2D eigenvalue weighted by atomic mass is 35.5. The van der Waals surface area contributed by atoms with Crippen LogP contribution in [0.5, 0.6) is 0 Å². The van der Waals surface area contributed by atoms with E-state index in [0.29, 0.717) is 11.6 Å². The summed E-state index contributed by atoms with van der Waals surface area (Å²) < 4.78 is 4.70. The Hall–Kier alpha value is -1.36. The molecule has 0 atom stereocenters. The molecule has 0 unspecified atom stereocenters. The van der Waals surface area contributed by atoms with Crippen molar-refractivity contribution in [3.05, 3.63) is 17.2 Å². The first-order valence-corrected chi connectivity index (χ1v) is 6.93. The maximum Gasteiger partial charge on any atom is 0.359 e. The quantitative estimate of drug-likeness (QED) is 0.680. The summed E-state index contributed by atoms with van der Waals surface area (Å²) in [7, 11) is 1.32. The van der Waals surface area contributed by atoms with Crippen molar-refractivity contribution in [3.8, 4) is 0 Å². The van der Waals surface area contributed by atoms with Crippen LogP contribution in [0.4, 0.5) is 5.69 Å². The summed E-state index contributed by atoms with van der Waals surface area (Å²) in [6, 6.07) is 0. The van der Waals surface area contributed by atoms with Gasteiger partial charge in [-0.2, -0.15) is 0 Å². The minimum Gasteiger partial charge on any atom is -0.464 e. The van der Waals surface area contributed by atoms with Gasteiger partial charge in [0.1, 0.15) is 0 Å². The number of esters is 1. The fourth-order valence-electron chi connectivity index (χ4n) is 2.39. The first kappa shape index (κ1) is 14.1. The van der Waals surface area contributed by atoms with Gasteiger partial charge in [-0.25, -0.2) is 14.8 Å². The highest BCUT2D eigenvalue weighted by molar-refractivity contribution is 6.28. The van der Waals surface area contributed by atoms with Crippen molar-refractivity contribution in [2.45, 2.75) is 32.1 Å². The molecule has 0 bridgehead atoms. The molecule has 0 aliphatic heterocycles. The van der Waals surface area contributed by atoms with E-state index < -0.39 is 5.97 Å². The molecule has 2 rings (SSSR count). The number of anilines is 1. The Morgan fingerprint density at radius 1 is 1.47 bits per heavy atom. The lowest BCUT2D eigenvalue weighted by molar-refractivity contribution is 0.0595. The zero-order chi connectivity index (χ0) is 13.7. The molecular weight excluding hydrogens is 266 g/mol. The average Bonchev–Trinajstić information content (AvgIpc) is 2.46. The topological polar surface area (TPSA) is 64.1 Å². The van der Waals surface area contributed by atoms with Gasteiger partial charge in [-0.05, 0) is 30.4 Å². The van der Waals surface area contributed by atoms with E-state index in [9.17, 15) is 4.79 Å². The molecule has 0 amide bonds. The Morgan fingerprint density at radius 2 is 2.21 bits per heavy atom. The lowest BCUT2D eigenvalue weighted by Gasteiger charge is -2.22. The van der Waals surface area contributed by atoms with Crippen LogP contribution in [-0.2, 0) is 4.74 Å². The van der Waals surface area contributed by atoms with Crippen molar-refractivity contribution >= 4 is 23.3 Å². The zero-order valence-electron chi connectivity index (χ0n) is 11.0. The van der Waals surface area contributed by atoms with E-state index in [2.05, 4.69) is 15.3 Å². The summed E-state index contributed by atoms with van der Waals surface area (Å²) in [5, 5.41) is 3.29. The Labute approximate surface area is 117 Å². The van der Waals surface area contributed by atoms with Crippen molar-refractivity contribution in [2.24, 2.45) is 5.92 Å². The number of methoxy groups -OCH3 is 1. The molecule has 0 radical (unpaired) electrons. The predicted octanol–water partition coefficient (Wildman–Crippen LogP) is 2.91. The number of rotatable bonds is 4. The van der Waals surface area contributed by atoms with Gasteiger partial charge < -0.3 is 10.1 Å². The summed E-state index contributed by atoms with van der Waals surface area (Å²) in [5.41, 5.74) is 0.778. The molecule has 1 aromatic rings. The fraction of sp³-hybridized carbons (Fsp3) is 0.615. The van der Waals surface area contributed by atoms with Gasteiger partial charge in [0.25, 0.3) is 0 Å². The predicted molar refractivity (Wildman–Crippen MR) is 73.4 cm³/mol. The number of hydrogen-bond acceptors (Lipinski definition) is 5. The minimum atomic E-state index is -0.504. The van der Waals surface area contributed by atoms with Gasteiger partial charge in [0, 0.05) is 6.54 Å². The van der Waals surface area contributed by atoms with E-state index in [1.807, 2.05) is 0 Å². The second-order valence-electron chi connectivity index (χ2n) is 4.78. The van der Waals surface area contributed by atoms with Crippen LogP contribution >= 0.6 is 11.6 Å². The summed E-state index contributed by atoms with van der Waals surface area (Å²) >= 11 is 5.71. The maximum atomic E-state index is 11.6. The largest absolute Gasteiger partial charge is 0.464 e. The molecule has 1 saturated carbocycles. The van der Waals surface area contributed by atoms with Gasteiger partial charge in [-0.1, -0.05) is 19.3 Å². The molecule has 1 aromatic heterocycles. The van der Waals surface area contributed by atoms with E-state index in [0.717, 1.165) is 6.54 Å². The van der Waals surface area contributed by atoms with Crippen LogP contribution < -0.4 is 5.32 Å². The van der Waals surface area contributed by atoms with Gasteiger partial charge in [0.2, 0.25) is 5.28 Å². The van der Waals surface area contributed by atoms with Crippen LogP contribution in [0, 0.1) is 5.92 Å². The SMILES string of the molecule is COC(=O)c1nc(Cl)ncc1NCC1CCCCC1. The Bertz CT molecular complexity index is 448. The highest BCUT2D eigenvalue weighted by Crippen LogP contribution is 2.24. The van der Waals surface area contributed by atoms with Crippen LogP contribution in [0.1, 0.15) is 42.6 Å². The van der Waals surface area contributed by atoms with Crippen molar-refractivity contribution in [3.63, 3.8) is 0 Å². The lowest BCUT2D eigenvalue weighted by atomic mass is 9.89. The van der Waals surface area contributed by atoms with Crippen LogP contribution in [-0.4, -0.2) is 29.6 Å². The van der Waals surface area contributed by atoms with E-state index in [1.54, 1.807) is 0 Å². The van der Waals surface area contributed by atoms with Gasteiger partial charge in [0.05, 0.1) is 19.0 Å². The van der Waals surface area contributed by atoms with Gasteiger partial charge >= 0.3 is 5.97 Å². The van der Waals surface area contributed by atoms with E-state index >= 15 is 0 Å². The Kier molecular flexibility index (Phi) is 4.96. The molecule has 0 spiro atoms. The zero-order valence-corrected chi connectivity index (χ0v) is 11.7. The first-order chi connectivity index (χ1) is 9.20. The number of hydrogen-bond donors (Lipinski definition) is 1. The number of aromatic nitrogens is 2. The monoisotopic (exact) mass is 283 g/mol. The van der Waals surface area contributed by atoms with Crippen molar-refractivity contribution < 1.29 is 9.53 Å². The van der Waals surface area contributed by atoms with Crippen molar-refractivity contribution in [2.75, 3.05) is 19.0 Å². The number of nitrogens with zero attached hydrogens (tertiary/aromatic N) is 2. The third-order valence-electron chi connectivity index (χ3n) is 3.44.